The van der Waals surface area contributed by atoms with Crippen molar-refractivity contribution in [1.29, 1.82) is 0 Å². The predicted molar refractivity (Wildman–Crippen MR) is 77.9 cm³/mol. The standard InChI is InChI=1S/C13H17ClN2O5/c1-8(17)7-21-15-5-4-9-6-10(18)16(2)12(14)11(9)13(19)20-3/h5-6,8,17H,4,7H2,1-3H3/b15-5+. The molecule has 8 heteroatoms. The molecular formula is C13H17ClN2O5. The van der Waals surface area contributed by atoms with Crippen molar-refractivity contribution in [3.8, 4) is 0 Å². The van der Waals surface area contributed by atoms with Crippen LogP contribution in [0.5, 0.6) is 0 Å². The van der Waals surface area contributed by atoms with Gasteiger partial charge in [-0.05, 0) is 12.5 Å². The van der Waals surface area contributed by atoms with Crippen LogP contribution in [0, 0.1) is 0 Å². The first-order chi connectivity index (χ1) is 9.88. The maximum atomic E-state index is 11.8. The number of aromatic nitrogens is 1. The third-order valence-electron chi connectivity index (χ3n) is 2.62. The number of aliphatic hydroxyl groups is 1. The normalized spacial score (nSPS) is 12.4. The summed E-state index contributed by atoms with van der Waals surface area (Å²) in [5, 5.41) is 12.6. The van der Waals surface area contributed by atoms with Crippen LogP contribution in [0.1, 0.15) is 22.8 Å². The van der Waals surface area contributed by atoms with E-state index in [0.717, 1.165) is 4.57 Å². The van der Waals surface area contributed by atoms with Crippen molar-refractivity contribution in [2.45, 2.75) is 19.4 Å². The quantitative estimate of drug-likeness (QED) is 0.362. The zero-order valence-corrected chi connectivity index (χ0v) is 12.8. The van der Waals surface area contributed by atoms with E-state index in [1.165, 1.54) is 26.4 Å². The molecule has 0 saturated heterocycles. The highest BCUT2D eigenvalue weighted by Crippen LogP contribution is 2.18. The molecule has 1 rings (SSSR count). The molecule has 0 amide bonds. The van der Waals surface area contributed by atoms with Crippen LogP contribution < -0.4 is 5.56 Å². The van der Waals surface area contributed by atoms with Crippen LogP contribution in [-0.2, 0) is 23.0 Å². The Kier molecular flexibility index (Phi) is 6.39. The summed E-state index contributed by atoms with van der Waals surface area (Å²) >= 11 is 6.01. The monoisotopic (exact) mass is 316 g/mol. The number of ether oxygens (including phenoxy) is 1. The molecule has 0 aromatic carbocycles. The van der Waals surface area contributed by atoms with Gasteiger partial charge in [-0.3, -0.25) is 4.79 Å². The molecule has 0 aliphatic carbocycles. The molecule has 0 bridgehead atoms. The lowest BCUT2D eigenvalue weighted by Crippen LogP contribution is -2.22. The molecule has 7 nitrogen and oxygen atoms in total. The second-order valence-electron chi connectivity index (χ2n) is 4.36. The number of oxime groups is 1. The number of pyridine rings is 1. The zero-order chi connectivity index (χ0) is 16.0. The summed E-state index contributed by atoms with van der Waals surface area (Å²) in [5.41, 5.74) is 0.156. The summed E-state index contributed by atoms with van der Waals surface area (Å²) in [6.45, 7) is 1.61. The fourth-order valence-electron chi connectivity index (χ4n) is 1.53. The first-order valence-electron chi connectivity index (χ1n) is 6.17. The highest BCUT2D eigenvalue weighted by molar-refractivity contribution is 6.32. The third-order valence-corrected chi connectivity index (χ3v) is 3.06. The predicted octanol–water partition coefficient (Wildman–Crippen LogP) is 0.751. The topological polar surface area (TPSA) is 90.1 Å². The second kappa shape index (κ2) is 7.80. The lowest BCUT2D eigenvalue weighted by atomic mass is 10.1. The van der Waals surface area contributed by atoms with Gasteiger partial charge in [-0.2, -0.15) is 0 Å². The van der Waals surface area contributed by atoms with Gasteiger partial charge in [0.25, 0.3) is 5.56 Å². The molecule has 1 unspecified atom stereocenters. The summed E-state index contributed by atoms with van der Waals surface area (Å²) in [4.78, 5) is 28.3. The van der Waals surface area contributed by atoms with E-state index in [9.17, 15) is 9.59 Å². The van der Waals surface area contributed by atoms with Crippen molar-refractivity contribution < 1.29 is 19.5 Å². The van der Waals surface area contributed by atoms with Crippen LogP contribution in [0.25, 0.3) is 0 Å². The molecule has 1 atom stereocenters. The van der Waals surface area contributed by atoms with Crippen molar-refractivity contribution in [3.63, 3.8) is 0 Å². The number of hydrogen-bond acceptors (Lipinski definition) is 6. The number of aliphatic hydroxyl groups excluding tert-OH is 1. The van der Waals surface area contributed by atoms with Crippen LogP contribution in [0.2, 0.25) is 5.15 Å². The summed E-state index contributed by atoms with van der Waals surface area (Å²) in [5.74, 6) is -0.635. The van der Waals surface area contributed by atoms with E-state index in [-0.39, 0.29) is 29.3 Å². The van der Waals surface area contributed by atoms with Crippen molar-refractivity contribution in [3.05, 3.63) is 32.7 Å². The van der Waals surface area contributed by atoms with E-state index in [0.29, 0.717) is 5.56 Å². The zero-order valence-electron chi connectivity index (χ0n) is 12.0. The van der Waals surface area contributed by atoms with Crippen LogP contribution in [0.4, 0.5) is 0 Å². The molecule has 1 heterocycles. The molecule has 0 spiro atoms. The van der Waals surface area contributed by atoms with Gasteiger partial charge in [-0.1, -0.05) is 16.8 Å². The summed E-state index contributed by atoms with van der Waals surface area (Å²) < 4.78 is 5.82. The number of hydrogen-bond donors (Lipinski definition) is 1. The second-order valence-corrected chi connectivity index (χ2v) is 4.72. The van der Waals surface area contributed by atoms with Gasteiger partial charge in [-0.25, -0.2) is 4.79 Å². The molecular weight excluding hydrogens is 300 g/mol. The SMILES string of the molecule is COC(=O)c1c(C/C=N/OCC(C)O)cc(=O)n(C)c1Cl. The Morgan fingerprint density at radius 3 is 2.86 bits per heavy atom. The largest absolute Gasteiger partial charge is 0.465 e. The number of halogens is 1. The van der Waals surface area contributed by atoms with Crippen LogP contribution in [-0.4, -0.2) is 41.7 Å². The molecule has 1 N–H and O–H groups in total. The summed E-state index contributed by atoms with van der Waals surface area (Å²) in [7, 11) is 2.69. The van der Waals surface area contributed by atoms with Crippen LogP contribution in [0.15, 0.2) is 16.0 Å². The Hall–Kier alpha value is -1.86. The maximum absolute atomic E-state index is 11.8. The highest BCUT2D eigenvalue weighted by atomic mass is 35.5. The Bertz CT molecular complexity index is 595. The van der Waals surface area contributed by atoms with E-state index in [1.807, 2.05) is 0 Å². The summed E-state index contributed by atoms with van der Waals surface area (Å²) in [6, 6.07) is 1.29. The molecule has 21 heavy (non-hydrogen) atoms. The maximum Gasteiger partial charge on any atom is 0.341 e. The molecule has 1 aromatic heterocycles. The Morgan fingerprint density at radius 2 is 2.29 bits per heavy atom. The van der Waals surface area contributed by atoms with Gasteiger partial charge in [0.1, 0.15) is 11.8 Å². The number of carbonyl (C=O) groups is 1. The number of methoxy groups -OCH3 is 1. The van der Waals surface area contributed by atoms with Gasteiger partial charge < -0.3 is 19.2 Å². The number of nitrogens with zero attached hydrogens (tertiary/aromatic N) is 2. The molecule has 0 fully saturated rings. The highest BCUT2D eigenvalue weighted by Gasteiger charge is 2.19. The van der Waals surface area contributed by atoms with Crippen molar-refractivity contribution in [2.75, 3.05) is 13.7 Å². The number of esters is 1. The number of carbonyl (C=O) groups excluding carboxylic acids is 1. The van der Waals surface area contributed by atoms with Crippen LogP contribution >= 0.6 is 11.6 Å². The lowest BCUT2D eigenvalue weighted by Gasteiger charge is -2.11. The molecule has 1 aromatic rings. The average Bonchev–Trinajstić information content (AvgIpc) is 2.43. The van der Waals surface area contributed by atoms with Gasteiger partial charge in [0.15, 0.2) is 0 Å². The van der Waals surface area contributed by atoms with Crippen molar-refractivity contribution >= 4 is 23.8 Å². The molecule has 0 saturated carbocycles. The summed E-state index contributed by atoms with van der Waals surface area (Å²) in [6.07, 6.45) is 0.909. The average molecular weight is 317 g/mol. The minimum Gasteiger partial charge on any atom is -0.465 e. The van der Waals surface area contributed by atoms with Gasteiger partial charge in [-0.15, -0.1) is 0 Å². The Balaban J connectivity index is 3.00. The minimum atomic E-state index is -0.635. The smallest absolute Gasteiger partial charge is 0.341 e. The van der Waals surface area contributed by atoms with E-state index in [2.05, 4.69) is 9.89 Å². The van der Waals surface area contributed by atoms with Gasteiger partial charge >= 0.3 is 5.97 Å². The Morgan fingerprint density at radius 1 is 1.62 bits per heavy atom. The van der Waals surface area contributed by atoms with Crippen molar-refractivity contribution in [1.82, 2.24) is 4.57 Å². The lowest BCUT2D eigenvalue weighted by molar-refractivity contribution is 0.0506. The fraction of sp³-hybridized carbons (Fsp3) is 0.462. The molecule has 116 valence electrons. The van der Waals surface area contributed by atoms with Crippen molar-refractivity contribution in [2.24, 2.45) is 12.2 Å². The van der Waals surface area contributed by atoms with Gasteiger partial charge in [0.2, 0.25) is 0 Å². The first-order valence-corrected chi connectivity index (χ1v) is 6.54. The fourth-order valence-corrected chi connectivity index (χ4v) is 1.81. The Labute approximate surface area is 126 Å². The van der Waals surface area contributed by atoms with E-state index in [4.69, 9.17) is 21.5 Å². The van der Waals surface area contributed by atoms with E-state index in [1.54, 1.807) is 6.92 Å². The molecule has 0 radical (unpaired) electrons. The van der Waals surface area contributed by atoms with E-state index >= 15 is 0 Å². The molecule has 0 aliphatic rings. The minimum absolute atomic E-state index is 0.00245. The van der Waals surface area contributed by atoms with Crippen LogP contribution in [0.3, 0.4) is 0 Å². The third kappa shape index (κ3) is 4.57. The van der Waals surface area contributed by atoms with Gasteiger partial charge in [0, 0.05) is 25.7 Å². The van der Waals surface area contributed by atoms with E-state index < -0.39 is 12.1 Å². The first kappa shape index (κ1) is 17.2. The number of rotatable bonds is 6. The van der Waals surface area contributed by atoms with Gasteiger partial charge in [0.05, 0.1) is 18.8 Å². The molecule has 0 aliphatic heterocycles.